The molecule has 1 aromatic rings. The van der Waals surface area contributed by atoms with E-state index in [1.54, 1.807) is 21.3 Å². The number of nitrogens with zero attached hydrogens (tertiary/aromatic N) is 1. The zero-order valence-electron chi connectivity index (χ0n) is 15.3. The van der Waals surface area contributed by atoms with Crippen LogP contribution in [0.4, 0.5) is 5.69 Å². The van der Waals surface area contributed by atoms with E-state index in [2.05, 4.69) is 10.2 Å². The van der Waals surface area contributed by atoms with Crippen LogP contribution in [0.1, 0.15) is 12.8 Å². The Bertz CT molecular complexity index is 541. The van der Waals surface area contributed by atoms with Gasteiger partial charge in [-0.05, 0) is 12.3 Å². The molecule has 0 radical (unpaired) electrons. The number of carbonyl (C=O) groups excluding carboxylic acids is 1. The summed E-state index contributed by atoms with van der Waals surface area (Å²) < 4.78 is 15.8. The van der Waals surface area contributed by atoms with Crippen molar-refractivity contribution in [2.75, 3.05) is 52.4 Å². The maximum absolute atomic E-state index is 12.0. The zero-order valence-corrected chi connectivity index (χ0v) is 15.3. The van der Waals surface area contributed by atoms with E-state index in [1.165, 1.54) is 0 Å². The molecule has 0 spiro atoms. The Kier molecular flexibility index (Phi) is 7.33. The highest BCUT2D eigenvalue weighted by Crippen LogP contribution is 2.31. The molecule has 1 amide bonds. The van der Waals surface area contributed by atoms with Crippen LogP contribution in [0.3, 0.4) is 0 Å². The van der Waals surface area contributed by atoms with Crippen molar-refractivity contribution < 1.29 is 19.0 Å². The summed E-state index contributed by atoms with van der Waals surface area (Å²) in [7, 11) is 4.87. The maximum atomic E-state index is 12.0. The maximum Gasteiger partial charge on any atom is 0.222 e. The molecule has 7 nitrogen and oxygen atoms in total. The standard InChI is InChI=1S/C18H29N3O4/c1-23-15-6-14(7-16(8-15)24-2)21-5-4-13(12-21)11-20-18(22)9-17(10-19)25-3/h6-8,13,17H,4-5,9-12,19H2,1-3H3,(H,20,22). The third-order valence-electron chi connectivity index (χ3n) is 4.58. The number of rotatable bonds is 9. The first kappa shape index (κ1) is 19.3. The van der Waals surface area contributed by atoms with Crippen molar-refractivity contribution in [1.29, 1.82) is 0 Å². The van der Waals surface area contributed by atoms with Crippen LogP contribution in [0, 0.1) is 5.92 Å². The molecule has 0 aliphatic carbocycles. The lowest BCUT2D eigenvalue weighted by molar-refractivity contribution is -0.123. The molecule has 2 atom stereocenters. The molecule has 2 rings (SSSR count). The molecule has 7 heteroatoms. The third-order valence-corrected chi connectivity index (χ3v) is 4.58. The topological polar surface area (TPSA) is 86.1 Å². The van der Waals surface area contributed by atoms with Crippen LogP contribution < -0.4 is 25.4 Å². The Labute approximate surface area is 149 Å². The summed E-state index contributed by atoms with van der Waals surface area (Å²) in [5.74, 6) is 1.95. The van der Waals surface area contributed by atoms with Gasteiger partial charge in [0, 0.05) is 57.2 Å². The number of benzene rings is 1. The summed E-state index contributed by atoms with van der Waals surface area (Å²) in [5.41, 5.74) is 6.62. The minimum absolute atomic E-state index is 0.0150. The number of nitrogens with two attached hydrogens (primary N) is 1. The van der Waals surface area contributed by atoms with Crippen molar-refractivity contribution in [2.24, 2.45) is 11.7 Å². The van der Waals surface area contributed by atoms with Gasteiger partial charge in [-0.25, -0.2) is 0 Å². The zero-order chi connectivity index (χ0) is 18.2. The molecule has 140 valence electrons. The fraction of sp³-hybridized carbons (Fsp3) is 0.611. The van der Waals surface area contributed by atoms with Crippen LogP contribution in [0.5, 0.6) is 11.5 Å². The van der Waals surface area contributed by atoms with E-state index in [4.69, 9.17) is 19.9 Å². The van der Waals surface area contributed by atoms with Gasteiger partial charge in [0.25, 0.3) is 0 Å². The molecule has 0 aromatic heterocycles. The van der Waals surface area contributed by atoms with E-state index in [0.717, 1.165) is 36.7 Å². The van der Waals surface area contributed by atoms with Crippen molar-refractivity contribution in [3.63, 3.8) is 0 Å². The number of anilines is 1. The first-order valence-corrected chi connectivity index (χ1v) is 8.57. The molecule has 1 aliphatic heterocycles. The van der Waals surface area contributed by atoms with Gasteiger partial charge in [0.15, 0.2) is 0 Å². The second-order valence-corrected chi connectivity index (χ2v) is 6.27. The fourth-order valence-corrected chi connectivity index (χ4v) is 3.01. The van der Waals surface area contributed by atoms with Gasteiger partial charge in [-0.2, -0.15) is 0 Å². The monoisotopic (exact) mass is 351 g/mol. The van der Waals surface area contributed by atoms with Crippen molar-refractivity contribution in [2.45, 2.75) is 18.9 Å². The molecule has 2 unspecified atom stereocenters. The summed E-state index contributed by atoms with van der Waals surface area (Å²) in [4.78, 5) is 14.2. The molecule has 3 N–H and O–H groups in total. The second-order valence-electron chi connectivity index (χ2n) is 6.27. The van der Waals surface area contributed by atoms with Crippen LogP contribution in [-0.4, -0.2) is 59.5 Å². The van der Waals surface area contributed by atoms with E-state index in [9.17, 15) is 4.79 Å². The normalized spacial score (nSPS) is 18.1. The van der Waals surface area contributed by atoms with Crippen molar-refractivity contribution in [1.82, 2.24) is 5.32 Å². The number of ether oxygens (including phenoxy) is 3. The van der Waals surface area contributed by atoms with Gasteiger partial charge < -0.3 is 30.2 Å². The fourth-order valence-electron chi connectivity index (χ4n) is 3.01. The van der Waals surface area contributed by atoms with Gasteiger partial charge in [-0.15, -0.1) is 0 Å². The van der Waals surface area contributed by atoms with Crippen LogP contribution in [0.25, 0.3) is 0 Å². The van der Waals surface area contributed by atoms with E-state index in [1.807, 2.05) is 18.2 Å². The highest BCUT2D eigenvalue weighted by atomic mass is 16.5. The van der Waals surface area contributed by atoms with Crippen molar-refractivity contribution in [3.05, 3.63) is 18.2 Å². The van der Waals surface area contributed by atoms with E-state index < -0.39 is 0 Å². The SMILES string of the molecule is COc1cc(OC)cc(N2CCC(CNC(=O)CC(CN)OC)C2)c1. The number of hydrogen-bond acceptors (Lipinski definition) is 6. The summed E-state index contributed by atoms with van der Waals surface area (Å²) in [6.45, 7) is 2.85. The van der Waals surface area contributed by atoms with Gasteiger partial charge in [0.2, 0.25) is 5.91 Å². The minimum atomic E-state index is -0.218. The van der Waals surface area contributed by atoms with Crippen LogP contribution in [0.2, 0.25) is 0 Å². The van der Waals surface area contributed by atoms with E-state index in [-0.39, 0.29) is 12.0 Å². The van der Waals surface area contributed by atoms with Crippen LogP contribution in [-0.2, 0) is 9.53 Å². The Morgan fingerprint density at radius 1 is 1.28 bits per heavy atom. The molecule has 1 aromatic carbocycles. The quantitative estimate of drug-likeness (QED) is 0.691. The number of carbonyl (C=O) groups is 1. The lowest BCUT2D eigenvalue weighted by atomic mass is 10.1. The summed E-state index contributed by atoms with van der Waals surface area (Å²) >= 11 is 0. The highest BCUT2D eigenvalue weighted by molar-refractivity contribution is 5.76. The van der Waals surface area contributed by atoms with Gasteiger partial charge in [-0.3, -0.25) is 4.79 Å². The predicted molar refractivity (Wildman–Crippen MR) is 97.3 cm³/mol. The predicted octanol–water partition coefficient (Wildman–Crippen LogP) is 1.01. The van der Waals surface area contributed by atoms with Crippen LogP contribution >= 0.6 is 0 Å². The number of amides is 1. The van der Waals surface area contributed by atoms with Crippen molar-refractivity contribution >= 4 is 11.6 Å². The van der Waals surface area contributed by atoms with Gasteiger partial charge in [0.1, 0.15) is 11.5 Å². The number of hydrogen-bond donors (Lipinski definition) is 2. The Morgan fingerprint density at radius 3 is 2.52 bits per heavy atom. The minimum Gasteiger partial charge on any atom is -0.497 e. The largest absolute Gasteiger partial charge is 0.497 e. The summed E-state index contributed by atoms with van der Waals surface area (Å²) in [6, 6.07) is 5.88. The van der Waals surface area contributed by atoms with Crippen LogP contribution in [0.15, 0.2) is 18.2 Å². The molecule has 1 saturated heterocycles. The molecule has 0 saturated carbocycles. The summed E-state index contributed by atoms with van der Waals surface area (Å²) in [6.07, 6.45) is 1.12. The highest BCUT2D eigenvalue weighted by Gasteiger charge is 2.24. The van der Waals surface area contributed by atoms with Gasteiger partial charge in [0.05, 0.1) is 26.7 Å². The number of nitrogens with one attached hydrogen (secondary N) is 1. The lowest BCUT2D eigenvalue weighted by Crippen LogP contribution is -2.35. The Morgan fingerprint density at radius 2 is 1.96 bits per heavy atom. The first-order chi connectivity index (χ1) is 12.1. The van der Waals surface area contributed by atoms with Crippen molar-refractivity contribution in [3.8, 4) is 11.5 Å². The summed E-state index contributed by atoms with van der Waals surface area (Å²) in [5, 5.41) is 2.99. The van der Waals surface area contributed by atoms with E-state index >= 15 is 0 Å². The molecule has 1 aliphatic rings. The molecule has 1 fully saturated rings. The first-order valence-electron chi connectivity index (χ1n) is 8.57. The van der Waals surface area contributed by atoms with E-state index in [0.29, 0.717) is 25.4 Å². The average molecular weight is 351 g/mol. The molecule has 1 heterocycles. The Balaban J connectivity index is 1.86. The van der Waals surface area contributed by atoms with Gasteiger partial charge in [-0.1, -0.05) is 0 Å². The Hall–Kier alpha value is -1.99. The lowest BCUT2D eigenvalue weighted by Gasteiger charge is -2.20. The third kappa shape index (κ3) is 5.51. The molecular weight excluding hydrogens is 322 g/mol. The smallest absolute Gasteiger partial charge is 0.222 e. The molecular formula is C18H29N3O4. The number of methoxy groups -OCH3 is 3. The average Bonchev–Trinajstić information content (AvgIpc) is 3.13. The molecule has 0 bridgehead atoms. The molecule has 25 heavy (non-hydrogen) atoms. The second kappa shape index (κ2) is 9.48. The van der Waals surface area contributed by atoms with Gasteiger partial charge >= 0.3 is 0 Å².